The molecule has 1 aromatic heterocycles. The van der Waals surface area contributed by atoms with E-state index in [2.05, 4.69) is 26.1 Å². The van der Waals surface area contributed by atoms with Gasteiger partial charge in [-0.05, 0) is 19.9 Å². The van der Waals surface area contributed by atoms with E-state index in [0.717, 1.165) is 5.82 Å². The Bertz CT molecular complexity index is 669. The molecule has 0 saturated carbocycles. The van der Waals surface area contributed by atoms with Crippen molar-refractivity contribution in [1.29, 1.82) is 0 Å². The molecule has 2 rings (SSSR count). The van der Waals surface area contributed by atoms with Crippen molar-refractivity contribution in [2.45, 2.75) is 25.2 Å². The van der Waals surface area contributed by atoms with Crippen LogP contribution in [0, 0.1) is 10.1 Å². The number of aromatic nitrogens is 3. The van der Waals surface area contributed by atoms with E-state index < -0.39 is 4.92 Å². The van der Waals surface area contributed by atoms with Crippen LogP contribution in [0.15, 0.2) is 18.2 Å². The van der Waals surface area contributed by atoms with Gasteiger partial charge in [0.2, 0.25) is 5.75 Å². The minimum absolute atomic E-state index is 0.0892. The number of nitro groups is 1. The number of benzene rings is 1. The van der Waals surface area contributed by atoms with Gasteiger partial charge >= 0.3 is 5.69 Å². The zero-order valence-electron chi connectivity index (χ0n) is 11.9. The molecule has 0 aliphatic heterocycles. The lowest BCUT2D eigenvalue weighted by atomic mass is 10.1. The van der Waals surface area contributed by atoms with Gasteiger partial charge in [0.05, 0.1) is 22.9 Å². The van der Waals surface area contributed by atoms with Gasteiger partial charge in [-0.3, -0.25) is 10.1 Å². The van der Waals surface area contributed by atoms with E-state index >= 15 is 0 Å². The third-order valence-corrected chi connectivity index (χ3v) is 3.54. The number of halogens is 1. The Balaban J connectivity index is 2.70. The number of hydrogen-bond donors (Lipinski definition) is 0. The summed E-state index contributed by atoms with van der Waals surface area (Å²) in [6.45, 7) is 4.01. The van der Waals surface area contributed by atoms with Gasteiger partial charge in [-0.15, -0.1) is 10.2 Å². The second-order valence-electron chi connectivity index (χ2n) is 4.65. The van der Waals surface area contributed by atoms with Crippen LogP contribution < -0.4 is 4.74 Å². The Morgan fingerprint density at radius 3 is 2.67 bits per heavy atom. The number of nitrogens with zero attached hydrogens (tertiary/aromatic N) is 4. The summed E-state index contributed by atoms with van der Waals surface area (Å²) in [4.78, 5) is 10.7. The van der Waals surface area contributed by atoms with Gasteiger partial charge in [0.1, 0.15) is 5.82 Å². The molecule has 0 aliphatic rings. The molecule has 0 saturated heterocycles. The van der Waals surface area contributed by atoms with Gasteiger partial charge < -0.3 is 9.30 Å². The first-order chi connectivity index (χ1) is 10.0. The Labute approximate surface area is 130 Å². The van der Waals surface area contributed by atoms with Crippen molar-refractivity contribution >= 4 is 21.6 Å². The average Bonchev–Trinajstić information content (AvgIpc) is 2.90. The van der Waals surface area contributed by atoms with Crippen LogP contribution in [0.4, 0.5) is 5.69 Å². The molecular weight excluding hydrogens is 340 g/mol. The Morgan fingerprint density at radius 2 is 2.14 bits per heavy atom. The van der Waals surface area contributed by atoms with E-state index in [1.807, 2.05) is 18.4 Å². The fourth-order valence-electron chi connectivity index (χ4n) is 2.20. The van der Waals surface area contributed by atoms with Gasteiger partial charge in [0, 0.05) is 12.1 Å². The third-order valence-electron chi connectivity index (χ3n) is 3.04. The average molecular weight is 355 g/mol. The van der Waals surface area contributed by atoms with Gasteiger partial charge in [0.15, 0.2) is 5.82 Å². The van der Waals surface area contributed by atoms with Crippen LogP contribution >= 0.6 is 15.9 Å². The standard InChI is InChI=1S/C13H15BrN4O3/c1-8(2)17-11(7-14)15-16-13(17)9-5-4-6-10(18(19)20)12(9)21-3/h4-6,8H,7H2,1-3H3. The molecule has 0 atom stereocenters. The minimum atomic E-state index is -0.468. The number of ether oxygens (including phenoxy) is 1. The SMILES string of the molecule is COc1c(-c2nnc(CBr)n2C(C)C)cccc1[N+](=O)[O-]. The molecule has 7 nitrogen and oxygen atoms in total. The molecule has 21 heavy (non-hydrogen) atoms. The number of nitro benzene ring substituents is 1. The molecule has 0 spiro atoms. The summed E-state index contributed by atoms with van der Waals surface area (Å²) in [7, 11) is 1.41. The molecular formula is C13H15BrN4O3. The topological polar surface area (TPSA) is 83.1 Å². The van der Waals surface area contributed by atoms with Crippen LogP contribution in [0.5, 0.6) is 5.75 Å². The molecule has 0 radical (unpaired) electrons. The highest BCUT2D eigenvalue weighted by Crippen LogP contribution is 2.37. The molecule has 0 fully saturated rings. The maximum Gasteiger partial charge on any atom is 0.311 e. The molecule has 1 aromatic carbocycles. The summed E-state index contributed by atoms with van der Waals surface area (Å²) in [5, 5.41) is 20.0. The monoisotopic (exact) mass is 354 g/mol. The second kappa shape index (κ2) is 6.21. The Hall–Kier alpha value is -1.96. The summed E-state index contributed by atoms with van der Waals surface area (Å²) in [6, 6.07) is 4.88. The first-order valence-corrected chi connectivity index (χ1v) is 7.44. The van der Waals surface area contributed by atoms with Crippen LogP contribution in [0.2, 0.25) is 0 Å². The lowest BCUT2D eigenvalue weighted by molar-refractivity contribution is -0.385. The lowest BCUT2D eigenvalue weighted by Crippen LogP contribution is -2.08. The zero-order chi connectivity index (χ0) is 15.6. The van der Waals surface area contributed by atoms with Crippen molar-refractivity contribution in [3.8, 4) is 17.1 Å². The summed E-state index contributed by atoms with van der Waals surface area (Å²) >= 11 is 3.37. The molecule has 112 valence electrons. The quantitative estimate of drug-likeness (QED) is 0.467. The molecule has 0 amide bonds. The van der Waals surface area contributed by atoms with Crippen molar-refractivity contribution in [3.63, 3.8) is 0 Å². The fraction of sp³-hybridized carbons (Fsp3) is 0.385. The molecule has 0 N–H and O–H groups in total. The molecule has 1 heterocycles. The molecule has 0 aliphatic carbocycles. The van der Waals surface area contributed by atoms with Gasteiger partial charge in [-0.1, -0.05) is 22.0 Å². The first-order valence-electron chi connectivity index (χ1n) is 6.32. The van der Waals surface area contributed by atoms with E-state index in [9.17, 15) is 10.1 Å². The van der Waals surface area contributed by atoms with E-state index in [1.54, 1.807) is 12.1 Å². The summed E-state index contributed by atoms with van der Waals surface area (Å²) in [5.41, 5.74) is 0.466. The Morgan fingerprint density at radius 1 is 1.43 bits per heavy atom. The van der Waals surface area contributed by atoms with Crippen molar-refractivity contribution in [3.05, 3.63) is 34.1 Å². The normalized spacial score (nSPS) is 10.9. The first kappa shape index (κ1) is 15.4. The summed E-state index contributed by atoms with van der Waals surface area (Å²) in [6.07, 6.45) is 0. The van der Waals surface area contributed by atoms with Crippen LogP contribution in [0.3, 0.4) is 0 Å². The van der Waals surface area contributed by atoms with Crippen molar-refractivity contribution < 1.29 is 9.66 Å². The largest absolute Gasteiger partial charge is 0.490 e. The highest BCUT2D eigenvalue weighted by Gasteiger charge is 2.24. The molecule has 2 aromatic rings. The van der Waals surface area contributed by atoms with E-state index in [4.69, 9.17) is 4.74 Å². The maximum absolute atomic E-state index is 11.1. The predicted molar refractivity (Wildman–Crippen MR) is 81.7 cm³/mol. The summed E-state index contributed by atoms with van der Waals surface area (Å²) < 4.78 is 7.16. The fourth-order valence-corrected chi connectivity index (χ4v) is 2.58. The van der Waals surface area contributed by atoms with Gasteiger partial charge in [0.25, 0.3) is 0 Å². The van der Waals surface area contributed by atoms with Gasteiger partial charge in [-0.25, -0.2) is 0 Å². The van der Waals surface area contributed by atoms with E-state index in [1.165, 1.54) is 13.2 Å². The molecule has 0 bridgehead atoms. The summed E-state index contributed by atoms with van der Waals surface area (Å²) in [5.74, 6) is 1.51. The zero-order valence-corrected chi connectivity index (χ0v) is 13.5. The van der Waals surface area contributed by atoms with Crippen LogP contribution in [0.25, 0.3) is 11.4 Å². The lowest BCUT2D eigenvalue weighted by Gasteiger charge is -2.14. The van der Waals surface area contributed by atoms with Gasteiger partial charge in [-0.2, -0.15) is 0 Å². The number of hydrogen-bond acceptors (Lipinski definition) is 5. The van der Waals surface area contributed by atoms with Crippen LogP contribution in [-0.2, 0) is 5.33 Å². The second-order valence-corrected chi connectivity index (χ2v) is 5.21. The Kier molecular flexibility index (Phi) is 4.56. The molecule has 8 heteroatoms. The van der Waals surface area contributed by atoms with E-state index in [-0.39, 0.29) is 17.5 Å². The van der Waals surface area contributed by atoms with E-state index in [0.29, 0.717) is 16.7 Å². The van der Waals surface area contributed by atoms with Crippen LogP contribution in [-0.4, -0.2) is 26.8 Å². The number of alkyl halides is 1. The van der Waals surface area contributed by atoms with Crippen LogP contribution in [0.1, 0.15) is 25.7 Å². The smallest absolute Gasteiger partial charge is 0.311 e. The number of methoxy groups -OCH3 is 1. The highest BCUT2D eigenvalue weighted by molar-refractivity contribution is 9.08. The van der Waals surface area contributed by atoms with Crippen molar-refractivity contribution in [2.24, 2.45) is 0 Å². The number of para-hydroxylation sites is 1. The molecule has 0 unspecified atom stereocenters. The third kappa shape index (κ3) is 2.76. The predicted octanol–water partition coefficient (Wildman–Crippen LogP) is 3.34. The number of rotatable bonds is 5. The highest BCUT2D eigenvalue weighted by atomic mass is 79.9. The van der Waals surface area contributed by atoms with Crippen molar-refractivity contribution in [2.75, 3.05) is 7.11 Å². The van der Waals surface area contributed by atoms with Crippen molar-refractivity contribution in [1.82, 2.24) is 14.8 Å². The maximum atomic E-state index is 11.1. The minimum Gasteiger partial charge on any atom is -0.490 e.